The van der Waals surface area contributed by atoms with E-state index in [1.54, 1.807) is 7.11 Å². The van der Waals surface area contributed by atoms with Crippen molar-refractivity contribution in [3.63, 3.8) is 0 Å². The zero-order chi connectivity index (χ0) is 18.9. The van der Waals surface area contributed by atoms with E-state index in [-0.39, 0.29) is 11.8 Å². The van der Waals surface area contributed by atoms with Gasteiger partial charge in [-0.3, -0.25) is 4.79 Å². The molecular weight excluding hydrogens is 346 g/mol. The molecule has 7 nitrogen and oxygen atoms in total. The largest absolute Gasteiger partial charge is 0.382 e. The van der Waals surface area contributed by atoms with Crippen LogP contribution < -0.4 is 0 Å². The van der Waals surface area contributed by atoms with Gasteiger partial charge in [-0.05, 0) is 24.8 Å². The van der Waals surface area contributed by atoms with Crippen molar-refractivity contribution in [1.29, 1.82) is 0 Å². The molecule has 0 spiro atoms. The molecule has 7 heteroatoms. The molecule has 0 N–H and O–H groups in total. The molecule has 0 aliphatic carbocycles. The summed E-state index contributed by atoms with van der Waals surface area (Å²) in [6.07, 6.45) is 3.07. The van der Waals surface area contributed by atoms with Gasteiger partial charge in [-0.25, -0.2) is 0 Å². The smallest absolute Gasteiger partial charge is 0.252 e. The van der Waals surface area contributed by atoms with Gasteiger partial charge in [0.05, 0.1) is 13.2 Å². The number of piperidine rings is 1. The van der Waals surface area contributed by atoms with Gasteiger partial charge in [0.2, 0.25) is 5.91 Å². The molecule has 0 atom stereocenters. The summed E-state index contributed by atoms with van der Waals surface area (Å²) in [5.41, 5.74) is 1.20. The molecule has 3 rings (SSSR count). The monoisotopic (exact) mass is 373 g/mol. The summed E-state index contributed by atoms with van der Waals surface area (Å²) < 4.78 is 15.6. The van der Waals surface area contributed by atoms with E-state index in [0.29, 0.717) is 32.1 Å². The molecule has 0 radical (unpaired) electrons. The lowest BCUT2D eigenvalue weighted by atomic mass is 9.95. The Morgan fingerprint density at radius 2 is 2.00 bits per heavy atom. The van der Waals surface area contributed by atoms with Crippen molar-refractivity contribution in [2.75, 3.05) is 33.4 Å². The number of benzene rings is 1. The molecule has 0 unspecified atom stereocenters. The van der Waals surface area contributed by atoms with Crippen LogP contribution in [0.5, 0.6) is 0 Å². The summed E-state index contributed by atoms with van der Waals surface area (Å²) in [4.78, 5) is 18.8. The number of ether oxygens (including phenoxy) is 2. The standard InChI is InChI=1S/C20H27N3O4/c1-25-13-14-26-15-18-21-20(22-27-18)17-9-11-23(12-10-17)19(24)8-7-16-5-3-2-4-6-16/h2-6,17H,7-15H2,1H3. The van der Waals surface area contributed by atoms with Crippen LogP contribution in [0.2, 0.25) is 0 Å². The van der Waals surface area contributed by atoms with Gasteiger partial charge < -0.3 is 18.9 Å². The van der Waals surface area contributed by atoms with Gasteiger partial charge in [0.25, 0.3) is 5.89 Å². The number of carbonyl (C=O) groups is 1. The lowest BCUT2D eigenvalue weighted by molar-refractivity contribution is -0.132. The maximum Gasteiger partial charge on any atom is 0.252 e. The minimum atomic E-state index is 0.220. The third-order valence-electron chi connectivity index (χ3n) is 4.82. The van der Waals surface area contributed by atoms with Crippen LogP contribution in [0, 0.1) is 0 Å². The molecule has 1 aliphatic rings. The van der Waals surface area contributed by atoms with E-state index in [4.69, 9.17) is 14.0 Å². The van der Waals surface area contributed by atoms with E-state index < -0.39 is 0 Å². The van der Waals surface area contributed by atoms with Crippen LogP contribution in [-0.4, -0.2) is 54.4 Å². The van der Waals surface area contributed by atoms with E-state index in [1.807, 2.05) is 23.1 Å². The van der Waals surface area contributed by atoms with Crippen LogP contribution in [0.3, 0.4) is 0 Å². The highest BCUT2D eigenvalue weighted by molar-refractivity contribution is 5.76. The van der Waals surface area contributed by atoms with Crippen LogP contribution in [0.15, 0.2) is 34.9 Å². The number of carbonyl (C=O) groups excluding carboxylic acids is 1. The molecular formula is C20H27N3O4. The molecule has 2 heterocycles. The first-order chi connectivity index (χ1) is 13.3. The number of amides is 1. The zero-order valence-corrected chi connectivity index (χ0v) is 15.8. The molecule has 2 aromatic rings. The van der Waals surface area contributed by atoms with Gasteiger partial charge >= 0.3 is 0 Å². The summed E-state index contributed by atoms with van der Waals surface area (Å²) in [5.74, 6) is 1.66. The van der Waals surface area contributed by atoms with Crippen molar-refractivity contribution in [3.05, 3.63) is 47.6 Å². The lowest BCUT2D eigenvalue weighted by Crippen LogP contribution is -2.38. The van der Waals surface area contributed by atoms with Gasteiger partial charge in [-0.15, -0.1) is 0 Å². The second-order valence-corrected chi connectivity index (χ2v) is 6.73. The first-order valence-corrected chi connectivity index (χ1v) is 9.47. The molecule has 0 saturated carbocycles. The summed E-state index contributed by atoms with van der Waals surface area (Å²) in [6.45, 7) is 2.82. The summed E-state index contributed by atoms with van der Waals surface area (Å²) >= 11 is 0. The highest BCUT2D eigenvalue weighted by Crippen LogP contribution is 2.26. The maximum atomic E-state index is 12.4. The minimum Gasteiger partial charge on any atom is -0.382 e. The van der Waals surface area contributed by atoms with E-state index in [0.717, 1.165) is 38.2 Å². The van der Waals surface area contributed by atoms with E-state index >= 15 is 0 Å². The Morgan fingerprint density at radius 3 is 2.74 bits per heavy atom. The third kappa shape index (κ3) is 5.87. The quantitative estimate of drug-likeness (QED) is 0.629. The van der Waals surface area contributed by atoms with Crippen molar-refractivity contribution in [1.82, 2.24) is 15.0 Å². The average molecular weight is 373 g/mol. The Morgan fingerprint density at radius 1 is 1.22 bits per heavy atom. The lowest BCUT2D eigenvalue weighted by Gasteiger charge is -2.30. The Hall–Kier alpha value is -2.25. The zero-order valence-electron chi connectivity index (χ0n) is 15.8. The van der Waals surface area contributed by atoms with E-state index in [1.165, 1.54) is 5.56 Å². The molecule has 27 heavy (non-hydrogen) atoms. The van der Waals surface area contributed by atoms with E-state index in [9.17, 15) is 4.79 Å². The molecule has 1 aliphatic heterocycles. The second kappa shape index (κ2) is 10.2. The molecule has 1 amide bonds. The highest BCUT2D eigenvalue weighted by Gasteiger charge is 2.26. The topological polar surface area (TPSA) is 77.7 Å². The predicted molar refractivity (Wildman–Crippen MR) is 99.1 cm³/mol. The summed E-state index contributed by atoms with van der Waals surface area (Å²) in [7, 11) is 1.63. The van der Waals surface area contributed by atoms with Gasteiger partial charge in [0, 0.05) is 32.5 Å². The fourth-order valence-corrected chi connectivity index (χ4v) is 3.24. The van der Waals surface area contributed by atoms with Gasteiger partial charge in [0.1, 0.15) is 6.61 Å². The average Bonchev–Trinajstić information content (AvgIpc) is 3.19. The Kier molecular flexibility index (Phi) is 7.36. The second-order valence-electron chi connectivity index (χ2n) is 6.73. The van der Waals surface area contributed by atoms with Crippen LogP contribution in [-0.2, 0) is 27.3 Å². The van der Waals surface area contributed by atoms with Crippen molar-refractivity contribution in [2.24, 2.45) is 0 Å². The van der Waals surface area contributed by atoms with Gasteiger partial charge in [-0.2, -0.15) is 4.98 Å². The highest BCUT2D eigenvalue weighted by atomic mass is 16.5. The Balaban J connectivity index is 1.40. The van der Waals surface area contributed by atoms with E-state index in [2.05, 4.69) is 22.3 Å². The van der Waals surface area contributed by atoms with Gasteiger partial charge in [-0.1, -0.05) is 35.5 Å². The van der Waals surface area contributed by atoms with Crippen molar-refractivity contribution < 1.29 is 18.8 Å². The predicted octanol–water partition coefficient (Wildman–Crippen LogP) is 2.57. The number of likely N-dealkylation sites (tertiary alicyclic amines) is 1. The first-order valence-electron chi connectivity index (χ1n) is 9.47. The van der Waals surface area contributed by atoms with Crippen molar-refractivity contribution >= 4 is 5.91 Å². The van der Waals surface area contributed by atoms with Crippen molar-refractivity contribution in [2.45, 2.75) is 38.2 Å². The molecule has 1 fully saturated rings. The normalized spacial score (nSPS) is 15.2. The molecule has 146 valence electrons. The summed E-state index contributed by atoms with van der Waals surface area (Å²) in [5, 5.41) is 4.08. The SMILES string of the molecule is COCCOCc1nc(C2CCN(C(=O)CCc3ccccc3)CC2)no1. The Labute approximate surface area is 159 Å². The Bertz CT molecular complexity index is 696. The van der Waals surface area contributed by atoms with Crippen molar-refractivity contribution in [3.8, 4) is 0 Å². The third-order valence-corrected chi connectivity index (χ3v) is 4.82. The van der Waals surface area contributed by atoms with Crippen LogP contribution in [0.25, 0.3) is 0 Å². The number of methoxy groups -OCH3 is 1. The summed E-state index contributed by atoms with van der Waals surface area (Å²) in [6, 6.07) is 10.1. The first kappa shape index (κ1) is 19.5. The number of aryl methyl sites for hydroxylation is 1. The van der Waals surface area contributed by atoms with Crippen LogP contribution >= 0.6 is 0 Å². The fraction of sp³-hybridized carbons (Fsp3) is 0.550. The number of nitrogens with zero attached hydrogens (tertiary/aromatic N) is 3. The van der Waals surface area contributed by atoms with Crippen LogP contribution in [0.1, 0.15) is 42.5 Å². The van der Waals surface area contributed by atoms with Crippen LogP contribution in [0.4, 0.5) is 0 Å². The number of hydrogen-bond acceptors (Lipinski definition) is 6. The molecule has 1 saturated heterocycles. The fourth-order valence-electron chi connectivity index (χ4n) is 3.24. The molecule has 1 aromatic carbocycles. The number of aromatic nitrogens is 2. The maximum absolute atomic E-state index is 12.4. The molecule has 1 aromatic heterocycles. The number of rotatable bonds is 9. The van der Waals surface area contributed by atoms with Gasteiger partial charge in [0.15, 0.2) is 5.82 Å². The molecule has 0 bridgehead atoms. The number of hydrogen-bond donors (Lipinski definition) is 0. The minimum absolute atomic E-state index is 0.220.